The molecule has 1 aliphatic rings. The first kappa shape index (κ1) is 23.3. The Bertz CT molecular complexity index is 714. The molecule has 3 N–H and O–H groups in total. The Morgan fingerprint density at radius 3 is 2.22 bits per heavy atom. The van der Waals surface area contributed by atoms with E-state index < -0.39 is 5.56 Å². The lowest BCUT2D eigenvalue weighted by Gasteiger charge is -2.30. The smallest absolute Gasteiger partial charge is 0.290 e. The van der Waals surface area contributed by atoms with Gasteiger partial charge in [0, 0.05) is 32.4 Å². The molecule has 150 valence electrons. The molecule has 1 fully saturated rings. The minimum atomic E-state index is -0.451. The molecule has 1 aliphatic heterocycles. The van der Waals surface area contributed by atoms with Gasteiger partial charge in [0.1, 0.15) is 0 Å². The Balaban J connectivity index is 0.000000237. The first-order valence-electron chi connectivity index (χ1n) is 9.27. The molecule has 1 aromatic heterocycles. The molecular formula is C20H29Cl2N3O2. The molecule has 0 amide bonds. The summed E-state index contributed by atoms with van der Waals surface area (Å²) in [6.45, 7) is 8.40. The van der Waals surface area contributed by atoms with Crippen LogP contribution in [0.3, 0.4) is 0 Å². The third kappa shape index (κ3) is 8.69. The molecule has 0 spiro atoms. The van der Waals surface area contributed by atoms with Crippen molar-refractivity contribution < 1.29 is 5.11 Å². The van der Waals surface area contributed by atoms with Crippen LogP contribution in [0.1, 0.15) is 33.1 Å². The van der Waals surface area contributed by atoms with Crippen LogP contribution in [-0.4, -0.2) is 36.3 Å². The van der Waals surface area contributed by atoms with Gasteiger partial charge < -0.3 is 20.3 Å². The van der Waals surface area contributed by atoms with Crippen molar-refractivity contribution in [1.29, 1.82) is 0 Å². The average Bonchev–Trinajstić information content (AvgIpc) is 2.69. The van der Waals surface area contributed by atoms with Gasteiger partial charge >= 0.3 is 0 Å². The number of halogens is 2. The Hall–Kier alpha value is -1.69. The fourth-order valence-corrected chi connectivity index (χ4v) is 2.82. The molecule has 3 rings (SSSR count). The molecule has 0 saturated carbocycles. The minimum Gasteiger partial charge on any atom is -0.503 e. The molecule has 7 heteroatoms. The SMILES string of the molecule is CCCCC.Clc1cccc(N2CCNCC2)c1Cl.O=c1[nH]cccc1O. The van der Waals surface area contributed by atoms with Crippen LogP contribution in [0.5, 0.6) is 5.75 Å². The highest BCUT2D eigenvalue weighted by Gasteiger charge is 2.14. The van der Waals surface area contributed by atoms with E-state index in [2.05, 4.69) is 29.0 Å². The summed E-state index contributed by atoms with van der Waals surface area (Å²) < 4.78 is 0. The molecule has 1 aromatic carbocycles. The van der Waals surface area contributed by atoms with Crippen LogP contribution in [0.4, 0.5) is 5.69 Å². The van der Waals surface area contributed by atoms with Gasteiger partial charge in [0.2, 0.25) is 0 Å². The van der Waals surface area contributed by atoms with Gasteiger partial charge in [0.05, 0.1) is 15.7 Å². The largest absolute Gasteiger partial charge is 0.503 e. The topological polar surface area (TPSA) is 68.4 Å². The fraction of sp³-hybridized carbons (Fsp3) is 0.450. The van der Waals surface area contributed by atoms with Crippen molar-refractivity contribution in [3.63, 3.8) is 0 Å². The molecule has 0 bridgehead atoms. The summed E-state index contributed by atoms with van der Waals surface area (Å²) in [6.07, 6.45) is 5.54. The van der Waals surface area contributed by atoms with E-state index in [9.17, 15) is 4.79 Å². The molecule has 2 aromatic rings. The predicted octanol–water partition coefficient (Wildman–Crippen LogP) is 4.68. The third-order valence-corrected chi connectivity index (χ3v) is 4.70. The lowest BCUT2D eigenvalue weighted by Crippen LogP contribution is -2.43. The second-order valence-corrected chi connectivity index (χ2v) is 6.83. The minimum absolute atomic E-state index is 0.243. The van der Waals surface area contributed by atoms with E-state index in [1.807, 2.05) is 18.2 Å². The number of aromatic hydroxyl groups is 1. The maximum Gasteiger partial charge on any atom is 0.290 e. The lowest BCUT2D eigenvalue weighted by molar-refractivity contribution is 0.466. The van der Waals surface area contributed by atoms with Gasteiger partial charge in [-0.05, 0) is 24.3 Å². The van der Waals surface area contributed by atoms with Gasteiger partial charge in [0.25, 0.3) is 5.56 Å². The number of aromatic nitrogens is 1. The number of hydrogen-bond acceptors (Lipinski definition) is 4. The average molecular weight is 414 g/mol. The molecular weight excluding hydrogens is 385 g/mol. The molecule has 0 unspecified atom stereocenters. The highest BCUT2D eigenvalue weighted by Crippen LogP contribution is 2.32. The summed E-state index contributed by atoms with van der Waals surface area (Å²) in [4.78, 5) is 14.9. The van der Waals surface area contributed by atoms with Crippen molar-refractivity contribution in [3.8, 4) is 5.75 Å². The normalized spacial score (nSPS) is 13.1. The number of unbranched alkanes of at least 4 members (excludes halogenated alkanes) is 2. The van der Waals surface area contributed by atoms with Gasteiger partial charge in [-0.25, -0.2) is 0 Å². The highest BCUT2D eigenvalue weighted by molar-refractivity contribution is 6.43. The van der Waals surface area contributed by atoms with Crippen molar-refractivity contribution in [2.24, 2.45) is 0 Å². The number of hydrogen-bond donors (Lipinski definition) is 3. The second-order valence-electron chi connectivity index (χ2n) is 6.05. The molecule has 0 aliphatic carbocycles. The highest BCUT2D eigenvalue weighted by atomic mass is 35.5. The summed E-state index contributed by atoms with van der Waals surface area (Å²) in [5, 5.41) is 13.2. The van der Waals surface area contributed by atoms with Crippen LogP contribution in [-0.2, 0) is 0 Å². The number of anilines is 1. The standard InChI is InChI=1S/C10H12Cl2N2.C5H5NO2.C5H12/c11-8-2-1-3-9(10(8)12)14-6-4-13-5-7-14;7-4-2-1-3-6-5(4)8;1-3-5-4-2/h1-3,13H,4-7H2;1-3,7H,(H,6,8);3-5H2,1-2H3. The van der Waals surface area contributed by atoms with Crippen molar-refractivity contribution in [2.45, 2.75) is 33.1 Å². The Labute approximate surface area is 171 Å². The first-order chi connectivity index (χ1) is 13.0. The Morgan fingerprint density at radius 1 is 1.07 bits per heavy atom. The molecule has 2 heterocycles. The zero-order valence-electron chi connectivity index (χ0n) is 16.0. The number of H-pyrrole nitrogens is 1. The Morgan fingerprint density at radius 2 is 1.74 bits per heavy atom. The maximum absolute atomic E-state index is 10.3. The quantitative estimate of drug-likeness (QED) is 0.682. The van der Waals surface area contributed by atoms with Crippen molar-refractivity contribution in [2.75, 3.05) is 31.1 Å². The number of rotatable bonds is 3. The number of piperazine rings is 1. The number of pyridine rings is 1. The molecule has 0 atom stereocenters. The van der Waals surface area contributed by atoms with E-state index in [4.69, 9.17) is 28.3 Å². The van der Waals surface area contributed by atoms with E-state index in [0.29, 0.717) is 10.0 Å². The molecule has 1 saturated heterocycles. The van der Waals surface area contributed by atoms with Gasteiger partial charge in [-0.15, -0.1) is 0 Å². The summed E-state index contributed by atoms with van der Waals surface area (Å²) in [5.41, 5.74) is 0.591. The number of aromatic amines is 1. The zero-order chi connectivity index (χ0) is 20.1. The number of nitrogens with zero attached hydrogens (tertiary/aromatic N) is 1. The summed E-state index contributed by atoms with van der Waals surface area (Å²) in [6, 6.07) is 8.65. The van der Waals surface area contributed by atoms with E-state index in [-0.39, 0.29) is 5.75 Å². The summed E-state index contributed by atoms with van der Waals surface area (Å²) >= 11 is 12.1. The lowest BCUT2D eigenvalue weighted by atomic mass is 10.2. The van der Waals surface area contributed by atoms with Crippen LogP contribution in [0.25, 0.3) is 0 Å². The van der Waals surface area contributed by atoms with E-state index in [1.165, 1.54) is 31.5 Å². The monoisotopic (exact) mass is 413 g/mol. The zero-order valence-corrected chi connectivity index (χ0v) is 17.5. The van der Waals surface area contributed by atoms with Crippen LogP contribution in [0, 0.1) is 0 Å². The summed E-state index contributed by atoms with van der Waals surface area (Å²) in [7, 11) is 0. The van der Waals surface area contributed by atoms with Gasteiger partial charge in [-0.1, -0.05) is 62.4 Å². The molecule has 5 nitrogen and oxygen atoms in total. The van der Waals surface area contributed by atoms with Gasteiger partial charge in [0.15, 0.2) is 5.75 Å². The summed E-state index contributed by atoms with van der Waals surface area (Å²) in [5.74, 6) is -0.243. The Kier molecular flexibility index (Phi) is 11.7. The van der Waals surface area contributed by atoms with Crippen LogP contribution in [0.2, 0.25) is 10.0 Å². The van der Waals surface area contributed by atoms with Gasteiger partial charge in [-0.2, -0.15) is 0 Å². The van der Waals surface area contributed by atoms with E-state index in [1.54, 1.807) is 6.07 Å². The van der Waals surface area contributed by atoms with Crippen LogP contribution in [0.15, 0.2) is 41.3 Å². The van der Waals surface area contributed by atoms with Crippen LogP contribution >= 0.6 is 23.2 Å². The van der Waals surface area contributed by atoms with Crippen molar-refractivity contribution in [1.82, 2.24) is 10.3 Å². The molecule has 0 radical (unpaired) electrons. The second kappa shape index (κ2) is 13.5. The van der Waals surface area contributed by atoms with Crippen molar-refractivity contribution in [3.05, 3.63) is 56.9 Å². The number of benzene rings is 1. The molecule has 27 heavy (non-hydrogen) atoms. The van der Waals surface area contributed by atoms with E-state index >= 15 is 0 Å². The predicted molar refractivity (Wildman–Crippen MR) is 115 cm³/mol. The number of nitrogens with one attached hydrogen (secondary N) is 2. The van der Waals surface area contributed by atoms with Gasteiger partial charge in [-0.3, -0.25) is 4.79 Å². The fourth-order valence-electron chi connectivity index (χ4n) is 2.41. The van der Waals surface area contributed by atoms with Crippen LogP contribution < -0.4 is 15.8 Å². The van der Waals surface area contributed by atoms with E-state index in [0.717, 1.165) is 31.9 Å². The third-order valence-electron chi connectivity index (χ3n) is 3.89. The van der Waals surface area contributed by atoms with Crippen molar-refractivity contribution >= 4 is 28.9 Å². The maximum atomic E-state index is 10.3. The first-order valence-corrected chi connectivity index (χ1v) is 10.0.